The van der Waals surface area contributed by atoms with Crippen LogP contribution in [0.1, 0.15) is 6.92 Å². The molecule has 0 aliphatic carbocycles. The summed E-state index contributed by atoms with van der Waals surface area (Å²) in [6, 6.07) is 1.77. The first-order valence-corrected chi connectivity index (χ1v) is 5.28. The van der Waals surface area contributed by atoms with Gasteiger partial charge in [-0.3, -0.25) is 9.78 Å². The van der Waals surface area contributed by atoms with Crippen LogP contribution in [0.15, 0.2) is 22.9 Å². The zero-order chi connectivity index (χ0) is 11.4. The highest BCUT2D eigenvalue weighted by molar-refractivity contribution is 9.10. The smallest absolute Gasteiger partial charge is 0.262 e. The number of ether oxygens (including phenoxy) is 1. The number of rotatable bonds is 3. The van der Waals surface area contributed by atoms with E-state index < -0.39 is 6.10 Å². The number of carbonyl (C=O) groups excluding carboxylic acids is 1. The number of likely N-dealkylation sites (N-methyl/N-ethyl adjacent to an activating group) is 1. The number of amides is 1. The van der Waals surface area contributed by atoms with Crippen molar-refractivity contribution in [2.24, 2.45) is 0 Å². The van der Waals surface area contributed by atoms with Gasteiger partial charge in [0.15, 0.2) is 6.10 Å². The monoisotopic (exact) mass is 272 g/mol. The molecule has 82 valence electrons. The van der Waals surface area contributed by atoms with Gasteiger partial charge >= 0.3 is 0 Å². The van der Waals surface area contributed by atoms with Crippen molar-refractivity contribution < 1.29 is 9.53 Å². The van der Waals surface area contributed by atoms with Gasteiger partial charge in [-0.15, -0.1) is 0 Å². The first-order chi connectivity index (χ1) is 7.00. The molecule has 0 spiro atoms. The summed E-state index contributed by atoms with van der Waals surface area (Å²) in [7, 11) is 3.39. The molecule has 0 radical (unpaired) electrons. The predicted octanol–water partition coefficient (Wildman–Crippen LogP) is 1.70. The Bertz CT molecular complexity index is 355. The quantitative estimate of drug-likeness (QED) is 0.841. The Kier molecular flexibility index (Phi) is 4.08. The van der Waals surface area contributed by atoms with Gasteiger partial charge in [-0.05, 0) is 28.9 Å². The molecule has 0 aliphatic heterocycles. The maximum Gasteiger partial charge on any atom is 0.262 e. The van der Waals surface area contributed by atoms with Gasteiger partial charge in [-0.2, -0.15) is 0 Å². The Morgan fingerprint density at radius 1 is 1.53 bits per heavy atom. The lowest BCUT2D eigenvalue weighted by Crippen LogP contribution is -2.35. The van der Waals surface area contributed by atoms with Crippen LogP contribution >= 0.6 is 15.9 Å². The van der Waals surface area contributed by atoms with Gasteiger partial charge in [0.05, 0.1) is 6.20 Å². The molecule has 1 unspecified atom stereocenters. The van der Waals surface area contributed by atoms with Crippen LogP contribution in [0.5, 0.6) is 5.75 Å². The summed E-state index contributed by atoms with van der Waals surface area (Å²) in [6.45, 7) is 1.71. The molecule has 0 bridgehead atoms. The van der Waals surface area contributed by atoms with Crippen LogP contribution in [-0.2, 0) is 4.79 Å². The van der Waals surface area contributed by atoms with E-state index >= 15 is 0 Å². The molecule has 0 saturated carbocycles. The fourth-order valence-corrected chi connectivity index (χ4v) is 1.42. The second kappa shape index (κ2) is 5.11. The number of pyridine rings is 1. The predicted molar refractivity (Wildman–Crippen MR) is 60.7 cm³/mol. The number of hydrogen-bond acceptors (Lipinski definition) is 3. The summed E-state index contributed by atoms with van der Waals surface area (Å²) < 4.78 is 6.26. The third-order valence-corrected chi connectivity index (χ3v) is 2.21. The lowest BCUT2D eigenvalue weighted by molar-refractivity contribution is -0.135. The molecule has 4 nitrogen and oxygen atoms in total. The number of carbonyl (C=O) groups is 1. The van der Waals surface area contributed by atoms with E-state index in [1.165, 1.54) is 4.90 Å². The normalized spacial score (nSPS) is 12.0. The highest BCUT2D eigenvalue weighted by atomic mass is 79.9. The van der Waals surface area contributed by atoms with Gasteiger partial charge in [-0.25, -0.2) is 0 Å². The van der Waals surface area contributed by atoms with Gasteiger partial charge in [0.25, 0.3) is 5.91 Å². The van der Waals surface area contributed by atoms with Crippen molar-refractivity contribution in [3.8, 4) is 5.75 Å². The van der Waals surface area contributed by atoms with E-state index in [1.54, 1.807) is 39.5 Å². The molecule has 1 rings (SSSR count). The van der Waals surface area contributed by atoms with Gasteiger partial charge in [0.2, 0.25) is 0 Å². The van der Waals surface area contributed by atoms with Gasteiger partial charge < -0.3 is 9.64 Å². The van der Waals surface area contributed by atoms with Crippen LogP contribution < -0.4 is 4.74 Å². The SMILES string of the molecule is CC(Oc1cncc(Br)c1)C(=O)N(C)C. The van der Waals surface area contributed by atoms with E-state index in [4.69, 9.17) is 4.74 Å². The van der Waals surface area contributed by atoms with Crippen molar-refractivity contribution in [2.75, 3.05) is 14.1 Å². The van der Waals surface area contributed by atoms with E-state index in [2.05, 4.69) is 20.9 Å². The highest BCUT2D eigenvalue weighted by Crippen LogP contribution is 2.17. The van der Waals surface area contributed by atoms with Crippen LogP contribution in [0.4, 0.5) is 0 Å². The Balaban J connectivity index is 2.66. The third kappa shape index (κ3) is 3.51. The number of nitrogens with zero attached hydrogens (tertiary/aromatic N) is 2. The number of aromatic nitrogens is 1. The fraction of sp³-hybridized carbons (Fsp3) is 0.400. The Morgan fingerprint density at radius 3 is 2.73 bits per heavy atom. The maximum atomic E-state index is 11.5. The molecular formula is C10H13BrN2O2. The lowest BCUT2D eigenvalue weighted by Gasteiger charge is -2.18. The molecule has 1 heterocycles. The summed E-state index contributed by atoms with van der Waals surface area (Å²) in [5, 5.41) is 0. The van der Waals surface area contributed by atoms with Crippen LogP contribution in [-0.4, -0.2) is 36.0 Å². The molecular weight excluding hydrogens is 260 g/mol. The molecule has 0 aromatic carbocycles. The van der Waals surface area contributed by atoms with Crippen LogP contribution in [0.3, 0.4) is 0 Å². The maximum absolute atomic E-state index is 11.5. The highest BCUT2D eigenvalue weighted by Gasteiger charge is 2.16. The van der Waals surface area contributed by atoms with E-state index in [0.29, 0.717) is 5.75 Å². The van der Waals surface area contributed by atoms with E-state index in [1.807, 2.05) is 0 Å². The average molecular weight is 273 g/mol. The van der Waals surface area contributed by atoms with Gasteiger partial charge in [-0.1, -0.05) is 0 Å². The largest absolute Gasteiger partial charge is 0.479 e. The van der Waals surface area contributed by atoms with Crippen molar-refractivity contribution >= 4 is 21.8 Å². The Hall–Kier alpha value is -1.10. The molecule has 0 fully saturated rings. The minimum absolute atomic E-state index is 0.0741. The van der Waals surface area contributed by atoms with Gasteiger partial charge in [0, 0.05) is 24.8 Å². The lowest BCUT2D eigenvalue weighted by atomic mass is 10.3. The van der Waals surface area contributed by atoms with Crippen molar-refractivity contribution in [1.82, 2.24) is 9.88 Å². The zero-order valence-electron chi connectivity index (χ0n) is 8.90. The Labute approximate surface area is 97.4 Å². The fourth-order valence-electron chi connectivity index (χ4n) is 1.07. The first kappa shape index (κ1) is 12.0. The molecule has 1 aromatic rings. The molecule has 1 aromatic heterocycles. The van der Waals surface area contributed by atoms with Crippen molar-refractivity contribution in [2.45, 2.75) is 13.0 Å². The molecule has 1 amide bonds. The summed E-state index contributed by atoms with van der Waals surface area (Å²) in [5.41, 5.74) is 0. The van der Waals surface area contributed by atoms with Crippen LogP contribution in [0.25, 0.3) is 0 Å². The van der Waals surface area contributed by atoms with Crippen molar-refractivity contribution in [3.63, 3.8) is 0 Å². The van der Waals surface area contributed by atoms with E-state index in [9.17, 15) is 4.79 Å². The van der Waals surface area contributed by atoms with Crippen molar-refractivity contribution in [3.05, 3.63) is 22.9 Å². The van der Waals surface area contributed by atoms with Crippen LogP contribution in [0, 0.1) is 0 Å². The molecule has 0 N–H and O–H groups in total. The third-order valence-electron chi connectivity index (χ3n) is 1.78. The van der Waals surface area contributed by atoms with Crippen LogP contribution in [0.2, 0.25) is 0 Å². The molecule has 0 aliphatic rings. The summed E-state index contributed by atoms with van der Waals surface area (Å²) in [4.78, 5) is 16.9. The van der Waals surface area contributed by atoms with Gasteiger partial charge in [0.1, 0.15) is 5.75 Å². The zero-order valence-corrected chi connectivity index (χ0v) is 10.5. The molecule has 1 atom stereocenters. The minimum atomic E-state index is -0.504. The van der Waals surface area contributed by atoms with E-state index in [-0.39, 0.29) is 5.91 Å². The number of hydrogen-bond donors (Lipinski definition) is 0. The minimum Gasteiger partial charge on any atom is -0.479 e. The van der Waals surface area contributed by atoms with E-state index in [0.717, 1.165) is 4.47 Å². The van der Waals surface area contributed by atoms with Crippen molar-refractivity contribution in [1.29, 1.82) is 0 Å². The summed E-state index contributed by atoms with van der Waals surface area (Å²) >= 11 is 3.28. The first-order valence-electron chi connectivity index (χ1n) is 4.49. The standard InChI is InChI=1S/C10H13BrN2O2/c1-7(10(14)13(2)3)15-9-4-8(11)5-12-6-9/h4-7H,1-3H3. The Morgan fingerprint density at radius 2 is 2.20 bits per heavy atom. The summed E-state index contributed by atoms with van der Waals surface area (Å²) in [6.07, 6.45) is 2.73. The number of halogens is 1. The topological polar surface area (TPSA) is 42.4 Å². The summed E-state index contributed by atoms with van der Waals surface area (Å²) in [5.74, 6) is 0.502. The molecule has 15 heavy (non-hydrogen) atoms. The second-order valence-corrected chi connectivity index (χ2v) is 4.25. The molecule has 0 saturated heterocycles. The average Bonchev–Trinajstić information content (AvgIpc) is 2.16. The molecule has 5 heteroatoms. The second-order valence-electron chi connectivity index (χ2n) is 3.33.